The Kier molecular flexibility index (Phi) is 4.70. The number of anilines is 1. The number of aliphatic carboxylic acids is 1. The van der Waals surface area contributed by atoms with Gasteiger partial charge < -0.3 is 10.4 Å². The van der Waals surface area contributed by atoms with E-state index in [1.165, 1.54) is 0 Å². The zero-order valence-corrected chi connectivity index (χ0v) is 12.1. The molecule has 0 aliphatic rings. The molecule has 1 aromatic carbocycles. The molecule has 104 valence electrons. The number of amides is 1. The van der Waals surface area contributed by atoms with Crippen molar-refractivity contribution in [2.24, 2.45) is 5.92 Å². The molecule has 2 N–H and O–H groups in total. The second-order valence-electron chi connectivity index (χ2n) is 4.92. The highest BCUT2D eigenvalue weighted by Crippen LogP contribution is 2.27. The van der Waals surface area contributed by atoms with Gasteiger partial charge in [-0.1, -0.05) is 13.0 Å². The standard InChI is InChI=1S/C15H21NO3/c1-6-12(15(18)19)14(17)16-13-10(4)8(2)7-9(3)11(13)5/h7,12H,6H2,1-5H3,(H,16,17)(H,18,19). The van der Waals surface area contributed by atoms with Crippen LogP contribution in [0.5, 0.6) is 0 Å². The molecule has 4 heteroatoms. The summed E-state index contributed by atoms with van der Waals surface area (Å²) in [6.45, 7) is 9.51. The van der Waals surface area contributed by atoms with Crippen LogP contribution in [0.1, 0.15) is 35.6 Å². The molecule has 0 aliphatic heterocycles. The fourth-order valence-electron chi connectivity index (χ4n) is 2.09. The van der Waals surface area contributed by atoms with Crippen LogP contribution in [0.25, 0.3) is 0 Å². The van der Waals surface area contributed by atoms with Gasteiger partial charge in [0, 0.05) is 5.69 Å². The van der Waals surface area contributed by atoms with Gasteiger partial charge in [0.15, 0.2) is 0 Å². The van der Waals surface area contributed by atoms with Crippen LogP contribution in [0.3, 0.4) is 0 Å². The summed E-state index contributed by atoms with van der Waals surface area (Å²) >= 11 is 0. The summed E-state index contributed by atoms with van der Waals surface area (Å²) in [4.78, 5) is 23.0. The number of carbonyl (C=O) groups excluding carboxylic acids is 1. The molecule has 1 atom stereocenters. The van der Waals surface area contributed by atoms with Gasteiger partial charge in [0.1, 0.15) is 5.92 Å². The van der Waals surface area contributed by atoms with E-state index in [9.17, 15) is 9.59 Å². The van der Waals surface area contributed by atoms with E-state index in [0.29, 0.717) is 0 Å². The lowest BCUT2D eigenvalue weighted by molar-refractivity contribution is -0.145. The minimum atomic E-state index is -1.08. The Morgan fingerprint density at radius 2 is 1.63 bits per heavy atom. The van der Waals surface area contributed by atoms with Gasteiger partial charge >= 0.3 is 5.97 Å². The average Bonchev–Trinajstić information content (AvgIpc) is 2.32. The predicted octanol–water partition coefficient (Wildman–Crippen LogP) is 2.97. The summed E-state index contributed by atoms with van der Waals surface area (Å²) in [6.07, 6.45) is 0.282. The van der Waals surface area contributed by atoms with Gasteiger partial charge in [-0.2, -0.15) is 0 Å². The maximum absolute atomic E-state index is 12.0. The molecule has 0 bridgehead atoms. The molecule has 1 amide bonds. The maximum atomic E-state index is 12.0. The lowest BCUT2D eigenvalue weighted by Crippen LogP contribution is -2.29. The highest BCUT2D eigenvalue weighted by atomic mass is 16.4. The first kappa shape index (κ1) is 15.2. The van der Waals surface area contributed by atoms with Crippen molar-refractivity contribution in [2.75, 3.05) is 5.32 Å². The molecule has 0 radical (unpaired) electrons. The van der Waals surface area contributed by atoms with E-state index in [4.69, 9.17) is 5.11 Å². The Bertz CT molecular complexity index is 494. The Balaban J connectivity index is 3.13. The topological polar surface area (TPSA) is 66.4 Å². The number of carboxylic acid groups (broad SMARTS) is 1. The van der Waals surface area contributed by atoms with Crippen LogP contribution >= 0.6 is 0 Å². The molecular formula is C15H21NO3. The minimum Gasteiger partial charge on any atom is -0.481 e. The van der Waals surface area contributed by atoms with Gasteiger partial charge in [-0.3, -0.25) is 9.59 Å². The van der Waals surface area contributed by atoms with Gasteiger partial charge in [-0.05, 0) is 56.4 Å². The molecule has 0 fully saturated rings. The molecule has 1 aromatic rings. The number of rotatable bonds is 4. The van der Waals surface area contributed by atoms with Crippen LogP contribution < -0.4 is 5.32 Å². The number of hydrogen-bond donors (Lipinski definition) is 2. The van der Waals surface area contributed by atoms with Crippen molar-refractivity contribution in [3.63, 3.8) is 0 Å². The van der Waals surface area contributed by atoms with Gasteiger partial charge in [-0.25, -0.2) is 0 Å². The molecule has 19 heavy (non-hydrogen) atoms. The fourth-order valence-corrected chi connectivity index (χ4v) is 2.09. The van der Waals surface area contributed by atoms with E-state index >= 15 is 0 Å². The van der Waals surface area contributed by atoms with Crippen LogP contribution in [-0.2, 0) is 9.59 Å². The number of nitrogens with one attached hydrogen (secondary N) is 1. The van der Waals surface area contributed by atoms with E-state index in [2.05, 4.69) is 11.4 Å². The first-order valence-electron chi connectivity index (χ1n) is 6.40. The lowest BCUT2D eigenvalue weighted by Gasteiger charge is -2.18. The Morgan fingerprint density at radius 1 is 1.16 bits per heavy atom. The summed E-state index contributed by atoms with van der Waals surface area (Å²) < 4.78 is 0. The van der Waals surface area contributed by atoms with Crippen LogP contribution in [-0.4, -0.2) is 17.0 Å². The first-order chi connectivity index (χ1) is 8.79. The normalized spacial score (nSPS) is 12.1. The third kappa shape index (κ3) is 3.13. The van der Waals surface area contributed by atoms with Crippen molar-refractivity contribution < 1.29 is 14.7 Å². The summed E-state index contributed by atoms with van der Waals surface area (Å²) in [5.41, 5.74) is 4.87. The first-order valence-corrected chi connectivity index (χ1v) is 6.40. The van der Waals surface area contributed by atoms with Crippen molar-refractivity contribution in [3.05, 3.63) is 28.3 Å². The summed E-state index contributed by atoms with van der Waals surface area (Å²) in [6, 6.07) is 2.06. The van der Waals surface area contributed by atoms with Gasteiger partial charge in [0.05, 0.1) is 0 Å². The molecular weight excluding hydrogens is 242 g/mol. The minimum absolute atomic E-state index is 0.282. The van der Waals surface area contributed by atoms with E-state index in [1.54, 1.807) is 6.92 Å². The zero-order valence-electron chi connectivity index (χ0n) is 12.1. The van der Waals surface area contributed by atoms with E-state index in [0.717, 1.165) is 27.9 Å². The monoisotopic (exact) mass is 263 g/mol. The number of hydrogen-bond acceptors (Lipinski definition) is 2. The molecule has 0 saturated carbocycles. The SMILES string of the molecule is CCC(C(=O)O)C(=O)Nc1c(C)c(C)cc(C)c1C. The largest absolute Gasteiger partial charge is 0.481 e. The highest BCUT2D eigenvalue weighted by Gasteiger charge is 2.25. The quantitative estimate of drug-likeness (QED) is 0.821. The highest BCUT2D eigenvalue weighted by molar-refractivity contribution is 6.04. The van der Waals surface area contributed by atoms with Crippen molar-refractivity contribution in [1.82, 2.24) is 0 Å². The predicted molar refractivity (Wildman–Crippen MR) is 75.4 cm³/mol. The zero-order chi connectivity index (χ0) is 14.7. The molecule has 4 nitrogen and oxygen atoms in total. The lowest BCUT2D eigenvalue weighted by atomic mass is 9.97. The van der Waals surface area contributed by atoms with Crippen LogP contribution in [0.15, 0.2) is 6.07 Å². The number of carbonyl (C=O) groups is 2. The van der Waals surface area contributed by atoms with Gasteiger partial charge in [0.25, 0.3) is 0 Å². The molecule has 0 saturated heterocycles. The van der Waals surface area contributed by atoms with E-state index < -0.39 is 17.8 Å². The Hall–Kier alpha value is -1.84. The van der Waals surface area contributed by atoms with Crippen molar-refractivity contribution in [1.29, 1.82) is 0 Å². The van der Waals surface area contributed by atoms with Crippen molar-refractivity contribution in [3.8, 4) is 0 Å². The van der Waals surface area contributed by atoms with Crippen molar-refractivity contribution >= 4 is 17.6 Å². The van der Waals surface area contributed by atoms with Gasteiger partial charge in [-0.15, -0.1) is 0 Å². The van der Waals surface area contributed by atoms with Crippen LogP contribution in [0.2, 0.25) is 0 Å². The average molecular weight is 263 g/mol. The smallest absolute Gasteiger partial charge is 0.316 e. The Labute approximate surface area is 113 Å². The van der Waals surface area contributed by atoms with E-state index in [1.807, 2.05) is 27.7 Å². The second-order valence-corrected chi connectivity index (χ2v) is 4.92. The summed E-state index contributed by atoms with van der Waals surface area (Å²) in [5.74, 6) is -2.54. The Morgan fingerprint density at radius 3 is 2.00 bits per heavy atom. The summed E-state index contributed by atoms with van der Waals surface area (Å²) in [7, 11) is 0. The molecule has 0 aliphatic carbocycles. The van der Waals surface area contributed by atoms with E-state index in [-0.39, 0.29) is 6.42 Å². The number of benzene rings is 1. The molecule has 1 rings (SSSR count). The maximum Gasteiger partial charge on any atom is 0.316 e. The number of aryl methyl sites for hydroxylation is 2. The number of carboxylic acids is 1. The fraction of sp³-hybridized carbons (Fsp3) is 0.467. The molecule has 1 unspecified atom stereocenters. The molecule has 0 spiro atoms. The third-order valence-corrected chi connectivity index (χ3v) is 3.64. The third-order valence-electron chi connectivity index (χ3n) is 3.64. The molecule has 0 heterocycles. The molecule has 0 aromatic heterocycles. The summed E-state index contributed by atoms with van der Waals surface area (Å²) in [5, 5.41) is 11.8. The van der Waals surface area contributed by atoms with Crippen LogP contribution in [0.4, 0.5) is 5.69 Å². The van der Waals surface area contributed by atoms with Gasteiger partial charge in [0.2, 0.25) is 5.91 Å². The second kappa shape index (κ2) is 5.87. The van der Waals surface area contributed by atoms with Crippen molar-refractivity contribution in [2.45, 2.75) is 41.0 Å². The van der Waals surface area contributed by atoms with Crippen LogP contribution in [0, 0.1) is 33.6 Å².